The smallest absolute Gasteiger partial charge is 0.0497 e. The summed E-state index contributed by atoms with van der Waals surface area (Å²) < 4.78 is 0. The van der Waals surface area contributed by atoms with Gasteiger partial charge in [0, 0.05) is 47.0 Å². The van der Waals surface area contributed by atoms with E-state index in [0.29, 0.717) is 0 Å². The Bertz CT molecular complexity index is 4030. The fourth-order valence-corrected chi connectivity index (χ4v) is 12.3. The predicted molar refractivity (Wildman–Crippen MR) is 313 cm³/mol. The van der Waals surface area contributed by atoms with Gasteiger partial charge in [0.25, 0.3) is 0 Å². The molecule has 0 aliphatic carbocycles. The summed E-state index contributed by atoms with van der Waals surface area (Å²) in [4.78, 5) is 4.98. The highest BCUT2D eigenvalue weighted by Gasteiger charge is 2.28. The third-order valence-corrected chi connectivity index (χ3v) is 15.8. The molecule has 0 saturated heterocycles. The van der Waals surface area contributed by atoms with Crippen LogP contribution in [0.4, 0.5) is 34.1 Å². The third kappa shape index (κ3) is 6.94. The molecule has 2 heterocycles. The molecule has 0 bridgehead atoms. The van der Waals surface area contributed by atoms with Crippen LogP contribution in [0.25, 0.3) is 87.6 Å². The average Bonchev–Trinajstić information content (AvgIpc) is 3.48. The molecule has 0 N–H and O–H groups in total. The normalized spacial score (nSPS) is 12.7. The SMILES string of the molecule is c1cc(-c2ccc3ccccc3c2)cc(-c2c3ccc(N4c5ccccc5Cc5ccccc54)cc3c(-c3cccc(-c4ccc5ccccc5c4)c3)c3ccc(N4c5ccccc5Cc5ccccc54)cc23)c1. The molecule has 0 amide bonds. The lowest BCUT2D eigenvalue weighted by molar-refractivity contribution is 1.09. The monoisotopic (exact) mass is 940 g/mol. The van der Waals surface area contributed by atoms with Gasteiger partial charge >= 0.3 is 0 Å². The van der Waals surface area contributed by atoms with Crippen molar-refractivity contribution in [3.05, 3.63) is 289 Å². The fraction of sp³-hybridized carbons (Fsp3) is 0.0278. The largest absolute Gasteiger partial charge is 0.310 e. The molecule has 2 aliphatic heterocycles. The summed E-state index contributed by atoms with van der Waals surface area (Å²) in [5.41, 5.74) is 22.1. The first kappa shape index (κ1) is 42.2. The maximum Gasteiger partial charge on any atom is 0.0497 e. The number of fused-ring (bicyclic) bond motifs is 8. The van der Waals surface area contributed by atoms with E-state index < -0.39 is 0 Å². The first-order valence-electron chi connectivity index (χ1n) is 25.8. The molecule has 2 aliphatic rings. The highest BCUT2D eigenvalue weighted by atomic mass is 15.2. The molecule has 15 rings (SSSR count). The molecule has 0 radical (unpaired) electrons. The Hall–Kier alpha value is -9.50. The number of benzene rings is 13. The second-order valence-electron chi connectivity index (χ2n) is 20.0. The van der Waals surface area contributed by atoms with E-state index in [4.69, 9.17) is 0 Å². The Morgan fingerprint density at radius 3 is 0.959 bits per heavy atom. The Balaban J connectivity index is 1.03. The Kier molecular flexibility index (Phi) is 9.74. The molecule has 2 heteroatoms. The molecular formula is C72H48N2. The summed E-state index contributed by atoms with van der Waals surface area (Å²) in [6, 6.07) is 99.7. The van der Waals surface area contributed by atoms with E-state index >= 15 is 0 Å². The van der Waals surface area contributed by atoms with Crippen LogP contribution in [0.2, 0.25) is 0 Å². The second kappa shape index (κ2) is 17.1. The summed E-state index contributed by atoms with van der Waals surface area (Å²) in [7, 11) is 0. The van der Waals surface area contributed by atoms with Gasteiger partial charge in [0.15, 0.2) is 0 Å². The maximum absolute atomic E-state index is 2.49. The van der Waals surface area contributed by atoms with Crippen molar-refractivity contribution in [1.82, 2.24) is 0 Å². The summed E-state index contributed by atoms with van der Waals surface area (Å²) in [6.45, 7) is 0. The van der Waals surface area contributed by atoms with Gasteiger partial charge in [0.1, 0.15) is 0 Å². The number of hydrogen-bond acceptors (Lipinski definition) is 2. The fourth-order valence-electron chi connectivity index (χ4n) is 12.3. The minimum absolute atomic E-state index is 0.903. The van der Waals surface area contributed by atoms with Crippen molar-refractivity contribution in [2.24, 2.45) is 0 Å². The maximum atomic E-state index is 2.49. The first-order valence-corrected chi connectivity index (χ1v) is 25.8. The molecule has 0 fully saturated rings. The second-order valence-corrected chi connectivity index (χ2v) is 20.0. The minimum Gasteiger partial charge on any atom is -0.310 e. The molecule has 0 unspecified atom stereocenters. The lowest BCUT2D eigenvalue weighted by atomic mass is 9.84. The van der Waals surface area contributed by atoms with Gasteiger partial charge in [-0.1, -0.05) is 194 Å². The summed E-state index contributed by atoms with van der Waals surface area (Å²) in [5.74, 6) is 0. The van der Waals surface area contributed by atoms with Gasteiger partial charge in [-0.25, -0.2) is 0 Å². The van der Waals surface area contributed by atoms with Gasteiger partial charge < -0.3 is 9.80 Å². The average molecular weight is 941 g/mol. The van der Waals surface area contributed by atoms with E-state index in [1.165, 1.54) is 133 Å². The molecule has 74 heavy (non-hydrogen) atoms. The summed E-state index contributed by atoms with van der Waals surface area (Å²) >= 11 is 0. The van der Waals surface area contributed by atoms with E-state index in [9.17, 15) is 0 Å². The lowest BCUT2D eigenvalue weighted by Crippen LogP contribution is -2.18. The van der Waals surface area contributed by atoms with Crippen LogP contribution in [0.15, 0.2) is 267 Å². The Morgan fingerprint density at radius 1 is 0.216 bits per heavy atom. The number of nitrogens with zero attached hydrogens (tertiary/aromatic N) is 2. The quantitative estimate of drug-likeness (QED) is 0.153. The van der Waals surface area contributed by atoms with Gasteiger partial charge in [-0.15, -0.1) is 0 Å². The number of anilines is 6. The van der Waals surface area contributed by atoms with E-state index in [-0.39, 0.29) is 0 Å². The first-order chi connectivity index (χ1) is 36.7. The highest BCUT2D eigenvalue weighted by Crippen LogP contribution is 2.52. The van der Waals surface area contributed by atoms with Crippen molar-refractivity contribution in [1.29, 1.82) is 0 Å². The van der Waals surface area contributed by atoms with Gasteiger partial charge in [-0.2, -0.15) is 0 Å². The van der Waals surface area contributed by atoms with Crippen LogP contribution >= 0.6 is 0 Å². The molecule has 2 nitrogen and oxygen atoms in total. The lowest BCUT2D eigenvalue weighted by Gasteiger charge is -2.34. The van der Waals surface area contributed by atoms with Gasteiger partial charge in [-0.3, -0.25) is 0 Å². The minimum atomic E-state index is 0.903. The zero-order chi connectivity index (χ0) is 48.7. The number of para-hydroxylation sites is 4. The van der Waals surface area contributed by atoms with Gasteiger partial charge in [-0.05, 0) is 183 Å². The Morgan fingerprint density at radius 2 is 0.554 bits per heavy atom. The zero-order valence-electron chi connectivity index (χ0n) is 40.7. The summed E-state index contributed by atoms with van der Waals surface area (Å²) in [6.07, 6.45) is 1.81. The summed E-state index contributed by atoms with van der Waals surface area (Å²) in [5, 5.41) is 9.79. The van der Waals surface area contributed by atoms with Crippen LogP contribution in [0, 0.1) is 0 Å². The third-order valence-electron chi connectivity index (χ3n) is 15.8. The molecule has 0 spiro atoms. The molecule has 13 aromatic carbocycles. The van der Waals surface area contributed by atoms with E-state index in [0.717, 1.165) is 24.2 Å². The highest BCUT2D eigenvalue weighted by molar-refractivity contribution is 6.23. The molecule has 0 saturated carbocycles. The standard InChI is InChI=1S/C72H48N2/c1-3-17-49-39-53(33-31-47(49)15-1)51-23-13-25-59(41-51)71-63-37-35-62(74-69-29-11-7-21-57(69)44-58-22-8-12-30-70(58)74)46-66(63)72(60-26-14-24-52(42-60)54-34-32-48-16-2-4-18-50(48)40-54)64-38-36-61(45-65(64)71)73-67-27-9-5-19-55(67)43-56-20-6-10-28-68(56)73/h1-42,45-46H,43-44H2. The number of rotatable bonds is 6. The zero-order valence-corrected chi connectivity index (χ0v) is 40.7. The van der Waals surface area contributed by atoms with Crippen LogP contribution in [0.5, 0.6) is 0 Å². The molecular weight excluding hydrogens is 893 g/mol. The van der Waals surface area contributed by atoms with Crippen LogP contribution in [0.1, 0.15) is 22.3 Å². The van der Waals surface area contributed by atoms with E-state index in [1.54, 1.807) is 0 Å². The molecule has 13 aromatic rings. The number of hydrogen-bond donors (Lipinski definition) is 0. The van der Waals surface area contributed by atoms with Gasteiger partial charge in [0.05, 0.1) is 0 Å². The van der Waals surface area contributed by atoms with Crippen molar-refractivity contribution < 1.29 is 0 Å². The van der Waals surface area contributed by atoms with E-state index in [2.05, 4.69) is 277 Å². The molecule has 346 valence electrons. The Labute approximate surface area is 431 Å². The van der Waals surface area contributed by atoms with Crippen LogP contribution in [-0.2, 0) is 12.8 Å². The molecule has 0 atom stereocenters. The van der Waals surface area contributed by atoms with E-state index in [1.807, 2.05) is 0 Å². The van der Waals surface area contributed by atoms with Crippen molar-refractivity contribution in [2.45, 2.75) is 12.8 Å². The predicted octanol–water partition coefficient (Wildman–Crippen LogP) is 19.7. The van der Waals surface area contributed by atoms with Crippen molar-refractivity contribution >= 4 is 77.2 Å². The van der Waals surface area contributed by atoms with Gasteiger partial charge in [0.2, 0.25) is 0 Å². The van der Waals surface area contributed by atoms with Crippen molar-refractivity contribution in [3.8, 4) is 44.5 Å². The van der Waals surface area contributed by atoms with Crippen LogP contribution < -0.4 is 9.80 Å². The van der Waals surface area contributed by atoms with Crippen molar-refractivity contribution in [2.75, 3.05) is 9.80 Å². The van der Waals surface area contributed by atoms with Crippen LogP contribution in [-0.4, -0.2) is 0 Å². The van der Waals surface area contributed by atoms with Crippen LogP contribution in [0.3, 0.4) is 0 Å². The molecule has 0 aromatic heterocycles. The van der Waals surface area contributed by atoms with Crippen molar-refractivity contribution in [3.63, 3.8) is 0 Å². The topological polar surface area (TPSA) is 6.48 Å².